The molecule has 4 aromatic rings. The Morgan fingerprint density at radius 1 is 1.19 bits per heavy atom. The van der Waals surface area contributed by atoms with Crippen LogP contribution in [-0.4, -0.2) is 30.6 Å². The van der Waals surface area contributed by atoms with Crippen molar-refractivity contribution in [2.45, 2.75) is 23.9 Å². The SMILES string of the molecule is C[C@H](NC(=O)c1ccccc1F)c1nnc(SCc2nc3ccccc3c(=O)[nH]2)n1C. The molecule has 0 saturated carbocycles. The van der Waals surface area contributed by atoms with Crippen molar-refractivity contribution < 1.29 is 9.18 Å². The Morgan fingerprint density at radius 3 is 2.74 bits per heavy atom. The number of benzene rings is 2. The van der Waals surface area contributed by atoms with E-state index in [0.717, 1.165) is 0 Å². The molecular weight excluding hydrogens is 419 g/mol. The maximum atomic E-state index is 13.8. The molecule has 2 N–H and O–H groups in total. The van der Waals surface area contributed by atoms with E-state index in [1.165, 1.54) is 30.0 Å². The van der Waals surface area contributed by atoms with Crippen molar-refractivity contribution in [1.82, 2.24) is 30.0 Å². The molecule has 0 aliphatic rings. The number of nitrogens with one attached hydrogen (secondary N) is 2. The third-order valence-corrected chi connectivity index (χ3v) is 5.75. The molecule has 31 heavy (non-hydrogen) atoms. The van der Waals surface area contributed by atoms with Crippen LogP contribution in [0.4, 0.5) is 4.39 Å². The Bertz CT molecular complexity index is 1320. The molecule has 0 unspecified atom stereocenters. The quantitative estimate of drug-likeness (QED) is 0.449. The van der Waals surface area contributed by atoms with E-state index in [4.69, 9.17) is 0 Å². The number of amides is 1. The molecule has 0 saturated heterocycles. The zero-order valence-electron chi connectivity index (χ0n) is 16.8. The minimum absolute atomic E-state index is 0.0301. The van der Waals surface area contributed by atoms with Crippen molar-refractivity contribution in [3.8, 4) is 0 Å². The molecule has 0 fully saturated rings. The summed E-state index contributed by atoms with van der Waals surface area (Å²) in [7, 11) is 1.78. The van der Waals surface area contributed by atoms with Gasteiger partial charge >= 0.3 is 0 Å². The van der Waals surface area contributed by atoms with Crippen molar-refractivity contribution in [2.24, 2.45) is 7.05 Å². The van der Waals surface area contributed by atoms with Gasteiger partial charge in [-0.3, -0.25) is 9.59 Å². The number of halogens is 1. The van der Waals surface area contributed by atoms with Crippen molar-refractivity contribution in [1.29, 1.82) is 0 Å². The molecule has 0 spiro atoms. The Morgan fingerprint density at radius 2 is 1.94 bits per heavy atom. The molecule has 2 heterocycles. The molecule has 2 aromatic heterocycles. The van der Waals surface area contributed by atoms with E-state index in [9.17, 15) is 14.0 Å². The average molecular weight is 438 g/mol. The van der Waals surface area contributed by atoms with Gasteiger partial charge in [-0.05, 0) is 31.2 Å². The molecule has 10 heteroatoms. The second kappa shape index (κ2) is 8.68. The summed E-state index contributed by atoms with van der Waals surface area (Å²) in [6.45, 7) is 1.75. The average Bonchev–Trinajstić information content (AvgIpc) is 3.13. The van der Waals surface area contributed by atoms with Gasteiger partial charge in [0, 0.05) is 7.05 Å². The number of fused-ring (bicyclic) bond motifs is 1. The van der Waals surface area contributed by atoms with Gasteiger partial charge in [0.15, 0.2) is 11.0 Å². The molecule has 1 atom stereocenters. The van der Waals surface area contributed by atoms with Crippen LogP contribution in [-0.2, 0) is 12.8 Å². The summed E-state index contributed by atoms with van der Waals surface area (Å²) in [5.41, 5.74) is 0.409. The number of H-pyrrole nitrogens is 1. The number of carbonyl (C=O) groups excluding carboxylic acids is 1. The van der Waals surface area contributed by atoms with Gasteiger partial charge in [0.1, 0.15) is 11.6 Å². The molecule has 0 aliphatic carbocycles. The number of nitrogens with zero attached hydrogens (tertiary/aromatic N) is 4. The van der Waals surface area contributed by atoms with E-state index in [1.54, 1.807) is 42.8 Å². The lowest BCUT2D eigenvalue weighted by Crippen LogP contribution is -2.29. The van der Waals surface area contributed by atoms with Crippen LogP contribution in [0.25, 0.3) is 10.9 Å². The number of aromatic amines is 1. The fraction of sp³-hybridized carbons (Fsp3) is 0.190. The first-order chi connectivity index (χ1) is 14.9. The third kappa shape index (κ3) is 4.33. The Labute approximate surface area is 180 Å². The zero-order valence-corrected chi connectivity index (χ0v) is 17.6. The highest BCUT2D eigenvalue weighted by molar-refractivity contribution is 7.98. The monoisotopic (exact) mass is 438 g/mol. The largest absolute Gasteiger partial charge is 0.342 e. The van der Waals surface area contributed by atoms with E-state index in [0.29, 0.717) is 33.5 Å². The van der Waals surface area contributed by atoms with Crippen LogP contribution < -0.4 is 10.9 Å². The molecule has 8 nitrogen and oxygen atoms in total. The number of hydrogen-bond donors (Lipinski definition) is 2. The van der Waals surface area contributed by atoms with Crippen molar-refractivity contribution in [3.63, 3.8) is 0 Å². The van der Waals surface area contributed by atoms with Gasteiger partial charge in [-0.25, -0.2) is 9.37 Å². The maximum absolute atomic E-state index is 13.8. The fourth-order valence-electron chi connectivity index (χ4n) is 3.15. The van der Waals surface area contributed by atoms with E-state index in [2.05, 4.69) is 25.5 Å². The fourth-order valence-corrected chi connectivity index (χ4v) is 3.94. The Balaban J connectivity index is 1.46. The normalized spacial score (nSPS) is 12.1. The van der Waals surface area contributed by atoms with Crippen LogP contribution in [0.5, 0.6) is 0 Å². The van der Waals surface area contributed by atoms with Crippen LogP contribution in [0.15, 0.2) is 58.5 Å². The molecule has 0 radical (unpaired) electrons. The highest BCUT2D eigenvalue weighted by atomic mass is 32.2. The first-order valence-electron chi connectivity index (χ1n) is 9.49. The van der Waals surface area contributed by atoms with Crippen molar-refractivity contribution in [2.75, 3.05) is 0 Å². The lowest BCUT2D eigenvalue weighted by molar-refractivity contribution is 0.0933. The predicted molar refractivity (Wildman–Crippen MR) is 115 cm³/mol. The summed E-state index contributed by atoms with van der Waals surface area (Å²) in [5, 5.41) is 12.2. The zero-order chi connectivity index (χ0) is 22.0. The second-order valence-corrected chi connectivity index (χ2v) is 7.84. The van der Waals surface area contributed by atoms with Crippen LogP contribution >= 0.6 is 11.8 Å². The summed E-state index contributed by atoms with van der Waals surface area (Å²) in [5.74, 6) is 0.326. The van der Waals surface area contributed by atoms with Gasteiger partial charge in [-0.2, -0.15) is 0 Å². The number of thioether (sulfide) groups is 1. The van der Waals surface area contributed by atoms with Crippen molar-refractivity contribution >= 4 is 28.6 Å². The highest BCUT2D eigenvalue weighted by Gasteiger charge is 2.20. The summed E-state index contributed by atoms with van der Waals surface area (Å²) >= 11 is 1.36. The van der Waals surface area contributed by atoms with Crippen LogP contribution in [0, 0.1) is 5.82 Å². The standard InChI is InChI=1S/C21H19FN6O2S/c1-12(23-19(29)13-7-3-5-9-15(13)22)18-26-27-21(28(18)2)31-11-17-24-16-10-6-4-8-14(16)20(30)25-17/h3-10,12H,11H2,1-2H3,(H,23,29)(H,24,25,30)/t12-/m0/s1. The van der Waals surface area contributed by atoms with Crippen LogP contribution in [0.2, 0.25) is 0 Å². The Hall–Kier alpha value is -3.53. The Kier molecular flexibility index (Phi) is 5.81. The van der Waals surface area contributed by atoms with E-state index >= 15 is 0 Å². The van der Waals surface area contributed by atoms with Crippen LogP contribution in [0.1, 0.15) is 35.0 Å². The molecule has 4 rings (SSSR count). The molecule has 0 aliphatic heterocycles. The molecule has 0 bridgehead atoms. The summed E-state index contributed by atoms with van der Waals surface area (Å²) in [6, 6.07) is 12.4. The predicted octanol–water partition coefficient (Wildman–Crippen LogP) is 2.97. The van der Waals surface area contributed by atoms with E-state index in [1.807, 2.05) is 6.07 Å². The first kappa shape index (κ1) is 20.7. The van der Waals surface area contributed by atoms with Gasteiger partial charge in [-0.1, -0.05) is 36.0 Å². The number of carbonyl (C=O) groups is 1. The number of hydrogen-bond acceptors (Lipinski definition) is 6. The maximum Gasteiger partial charge on any atom is 0.258 e. The van der Waals surface area contributed by atoms with Gasteiger partial charge in [0.25, 0.3) is 11.5 Å². The first-order valence-corrected chi connectivity index (χ1v) is 10.5. The lowest BCUT2D eigenvalue weighted by atomic mass is 10.2. The minimum Gasteiger partial charge on any atom is -0.342 e. The van der Waals surface area contributed by atoms with E-state index < -0.39 is 17.8 Å². The molecule has 1 amide bonds. The summed E-state index contributed by atoms with van der Waals surface area (Å²) < 4.78 is 15.6. The van der Waals surface area contributed by atoms with Gasteiger partial charge in [0.2, 0.25) is 0 Å². The number of rotatable bonds is 6. The second-order valence-electron chi connectivity index (χ2n) is 6.89. The number of para-hydroxylation sites is 1. The van der Waals surface area contributed by atoms with Gasteiger partial charge in [0.05, 0.1) is 28.3 Å². The van der Waals surface area contributed by atoms with E-state index in [-0.39, 0.29) is 11.1 Å². The third-order valence-electron chi connectivity index (χ3n) is 4.72. The summed E-state index contributed by atoms with van der Waals surface area (Å²) in [4.78, 5) is 31.8. The molecule has 158 valence electrons. The lowest BCUT2D eigenvalue weighted by Gasteiger charge is -2.14. The topological polar surface area (TPSA) is 106 Å². The number of aromatic nitrogens is 5. The molecule has 2 aromatic carbocycles. The summed E-state index contributed by atoms with van der Waals surface area (Å²) in [6.07, 6.45) is 0. The molecular formula is C21H19FN6O2S. The minimum atomic E-state index is -0.585. The highest BCUT2D eigenvalue weighted by Crippen LogP contribution is 2.22. The van der Waals surface area contributed by atoms with Crippen molar-refractivity contribution in [3.05, 3.63) is 81.9 Å². The van der Waals surface area contributed by atoms with Gasteiger partial charge < -0.3 is 14.9 Å². The van der Waals surface area contributed by atoms with Gasteiger partial charge in [-0.15, -0.1) is 10.2 Å². The smallest absolute Gasteiger partial charge is 0.258 e. The van der Waals surface area contributed by atoms with Crippen LogP contribution in [0.3, 0.4) is 0 Å².